The quantitative estimate of drug-likeness (QED) is 0.606. The normalized spacial score (nSPS) is 13.1. The summed E-state index contributed by atoms with van der Waals surface area (Å²) in [7, 11) is 0. The standard InChI is InChI=1S/C13H17BrCl2/c1-9(2)12(14)5-3-4-10-8-11(15)6-7-13(10)16/h6-9,12H,3-5H2,1-2H3. The van der Waals surface area contributed by atoms with Gasteiger partial charge in [-0.15, -0.1) is 0 Å². The van der Waals surface area contributed by atoms with Crippen molar-refractivity contribution in [3.05, 3.63) is 33.8 Å². The van der Waals surface area contributed by atoms with E-state index in [0.717, 1.165) is 28.5 Å². The molecule has 1 aromatic rings. The fraction of sp³-hybridized carbons (Fsp3) is 0.538. The Kier molecular flexibility index (Phi) is 6.17. The number of hydrogen-bond donors (Lipinski definition) is 0. The van der Waals surface area contributed by atoms with Gasteiger partial charge in [-0.25, -0.2) is 0 Å². The summed E-state index contributed by atoms with van der Waals surface area (Å²) < 4.78 is 0. The minimum atomic E-state index is 0.588. The maximum Gasteiger partial charge on any atom is 0.0439 e. The Morgan fingerprint density at radius 2 is 1.94 bits per heavy atom. The molecule has 0 fully saturated rings. The van der Waals surface area contributed by atoms with Crippen LogP contribution in [0, 0.1) is 5.92 Å². The van der Waals surface area contributed by atoms with E-state index in [1.807, 2.05) is 18.2 Å². The summed E-state index contributed by atoms with van der Waals surface area (Å²) in [5, 5.41) is 1.58. The molecule has 0 saturated carbocycles. The topological polar surface area (TPSA) is 0 Å². The molecule has 0 aliphatic heterocycles. The van der Waals surface area contributed by atoms with Crippen molar-refractivity contribution in [2.75, 3.05) is 0 Å². The van der Waals surface area contributed by atoms with Gasteiger partial charge in [0.1, 0.15) is 0 Å². The molecule has 3 heteroatoms. The third kappa shape index (κ3) is 4.65. The van der Waals surface area contributed by atoms with Crippen molar-refractivity contribution in [2.45, 2.75) is 37.9 Å². The minimum absolute atomic E-state index is 0.588. The molecule has 0 bridgehead atoms. The number of hydrogen-bond acceptors (Lipinski definition) is 0. The maximum atomic E-state index is 6.10. The van der Waals surface area contributed by atoms with Gasteiger partial charge in [-0.2, -0.15) is 0 Å². The fourth-order valence-corrected chi connectivity index (χ4v) is 2.29. The molecule has 16 heavy (non-hydrogen) atoms. The molecule has 0 aromatic heterocycles. The monoisotopic (exact) mass is 322 g/mol. The number of aryl methyl sites for hydroxylation is 1. The van der Waals surface area contributed by atoms with Crippen molar-refractivity contribution < 1.29 is 0 Å². The van der Waals surface area contributed by atoms with Crippen LogP contribution in [0.2, 0.25) is 10.0 Å². The summed E-state index contributed by atoms with van der Waals surface area (Å²) >= 11 is 15.7. The van der Waals surface area contributed by atoms with E-state index in [9.17, 15) is 0 Å². The van der Waals surface area contributed by atoms with Gasteiger partial charge in [-0.3, -0.25) is 0 Å². The van der Waals surface area contributed by atoms with Gasteiger partial charge in [0.2, 0.25) is 0 Å². The molecule has 0 saturated heterocycles. The van der Waals surface area contributed by atoms with Crippen LogP contribution in [0.4, 0.5) is 0 Å². The van der Waals surface area contributed by atoms with E-state index in [4.69, 9.17) is 23.2 Å². The molecule has 0 aliphatic rings. The lowest BCUT2D eigenvalue weighted by molar-refractivity contribution is 0.562. The molecule has 0 aliphatic carbocycles. The Morgan fingerprint density at radius 1 is 1.25 bits per heavy atom. The van der Waals surface area contributed by atoms with E-state index >= 15 is 0 Å². The van der Waals surface area contributed by atoms with Crippen molar-refractivity contribution in [3.63, 3.8) is 0 Å². The van der Waals surface area contributed by atoms with Crippen LogP contribution >= 0.6 is 39.1 Å². The van der Waals surface area contributed by atoms with Gasteiger partial charge in [0.05, 0.1) is 0 Å². The van der Waals surface area contributed by atoms with Crippen LogP contribution in [-0.2, 0) is 6.42 Å². The van der Waals surface area contributed by atoms with Gasteiger partial charge < -0.3 is 0 Å². The van der Waals surface area contributed by atoms with Crippen LogP contribution in [0.1, 0.15) is 32.3 Å². The molecule has 0 radical (unpaired) electrons. The van der Waals surface area contributed by atoms with Crippen LogP contribution < -0.4 is 0 Å². The van der Waals surface area contributed by atoms with Crippen molar-refractivity contribution in [3.8, 4) is 0 Å². The van der Waals surface area contributed by atoms with Crippen LogP contribution in [-0.4, -0.2) is 4.83 Å². The summed E-state index contributed by atoms with van der Waals surface area (Å²) in [4.78, 5) is 0.588. The zero-order valence-corrected chi connectivity index (χ0v) is 12.7. The second-order valence-electron chi connectivity index (χ2n) is 4.39. The lowest BCUT2D eigenvalue weighted by Crippen LogP contribution is -2.07. The molecule has 0 heterocycles. The molecule has 1 atom stereocenters. The molecule has 1 rings (SSSR count). The molecule has 1 aromatic carbocycles. The fourth-order valence-electron chi connectivity index (χ4n) is 1.56. The molecule has 0 amide bonds. The van der Waals surface area contributed by atoms with E-state index in [2.05, 4.69) is 29.8 Å². The van der Waals surface area contributed by atoms with Crippen molar-refractivity contribution in [1.29, 1.82) is 0 Å². The minimum Gasteiger partial charge on any atom is -0.0888 e. The van der Waals surface area contributed by atoms with Gasteiger partial charge in [-0.1, -0.05) is 53.0 Å². The second-order valence-corrected chi connectivity index (χ2v) is 6.41. The zero-order valence-electron chi connectivity index (χ0n) is 9.64. The predicted octanol–water partition coefficient (Wildman–Crippen LogP) is 5.74. The first-order valence-electron chi connectivity index (χ1n) is 5.58. The highest BCUT2D eigenvalue weighted by Crippen LogP contribution is 2.24. The smallest absolute Gasteiger partial charge is 0.0439 e. The van der Waals surface area contributed by atoms with Crippen molar-refractivity contribution >= 4 is 39.1 Å². The molecular formula is C13H17BrCl2. The van der Waals surface area contributed by atoms with E-state index in [1.54, 1.807) is 0 Å². The molecule has 90 valence electrons. The van der Waals surface area contributed by atoms with Crippen LogP contribution in [0.15, 0.2) is 18.2 Å². The second kappa shape index (κ2) is 6.88. The first kappa shape index (κ1) is 14.3. The van der Waals surface area contributed by atoms with Gasteiger partial charge in [0, 0.05) is 14.9 Å². The SMILES string of the molecule is CC(C)C(Br)CCCc1cc(Cl)ccc1Cl. The molecule has 0 nitrogen and oxygen atoms in total. The number of benzene rings is 1. The average molecular weight is 324 g/mol. The lowest BCUT2D eigenvalue weighted by atomic mass is 10.0. The molecule has 0 N–H and O–H groups in total. The highest BCUT2D eigenvalue weighted by Gasteiger charge is 2.09. The highest BCUT2D eigenvalue weighted by atomic mass is 79.9. The van der Waals surface area contributed by atoms with Crippen LogP contribution in [0.25, 0.3) is 0 Å². The Morgan fingerprint density at radius 3 is 2.56 bits per heavy atom. The van der Waals surface area contributed by atoms with Crippen LogP contribution in [0.3, 0.4) is 0 Å². The van der Waals surface area contributed by atoms with E-state index in [-0.39, 0.29) is 0 Å². The van der Waals surface area contributed by atoms with Crippen molar-refractivity contribution in [1.82, 2.24) is 0 Å². The van der Waals surface area contributed by atoms with Gasteiger partial charge >= 0.3 is 0 Å². The third-order valence-corrected chi connectivity index (χ3v) is 4.78. The number of halogens is 3. The molecule has 1 unspecified atom stereocenters. The highest BCUT2D eigenvalue weighted by molar-refractivity contribution is 9.09. The van der Waals surface area contributed by atoms with Gasteiger partial charge in [0.25, 0.3) is 0 Å². The maximum absolute atomic E-state index is 6.10. The Balaban J connectivity index is 2.45. The average Bonchev–Trinajstić information content (AvgIpc) is 2.22. The van der Waals surface area contributed by atoms with Crippen molar-refractivity contribution in [2.24, 2.45) is 5.92 Å². The Labute approximate surface area is 116 Å². The predicted molar refractivity (Wildman–Crippen MR) is 77.0 cm³/mol. The summed E-state index contributed by atoms with van der Waals surface area (Å²) in [6.07, 6.45) is 3.29. The largest absolute Gasteiger partial charge is 0.0888 e. The summed E-state index contributed by atoms with van der Waals surface area (Å²) in [5.41, 5.74) is 1.15. The Hall–Kier alpha value is 0.280. The number of alkyl halides is 1. The van der Waals surface area contributed by atoms with Crippen LogP contribution in [0.5, 0.6) is 0 Å². The summed E-state index contributed by atoms with van der Waals surface area (Å²) in [6.45, 7) is 4.46. The number of rotatable bonds is 5. The van der Waals surface area contributed by atoms with Gasteiger partial charge in [-0.05, 0) is 48.9 Å². The first-order valence-corrected chi connectivity index (χ1v) is 7.26. The molecule has 0 spiro atoms. The summed E-state index contributed by atoms with van der Waals surface area (Å²) in [6, 6.07) is 5.66. The van der Waals surface area contributed by atoms with E-state index < -0.39 is 0 Å². The lowest BCUT2D eigenvalue weighted by Gasteiger charge is -2.13. The third-order valence-electron chi connectivity index (χ3n) is 2.66. The summed E-state index contributed by atoms with van der Waals surface area (Å²) in [5.74, 6) is 0.676. The molecular weight excluding hydrogens is 307 g/mol. The zero-order chi connectivity index (χ0) is 12.1. The van der Waals surface area contributed by atoms with E-state index in [1.165, 1.54) is 6.42 Å². The Bertz CT molecular complexity index is 337. The van der Waals surface area contributed by atoms with E-state index in [0.29, 0.717) is 10.7 Å². The van der Waals surface area contributed by atoms with Gasteiger partial charge in [0.15, 0.2) is 0 Å². The first-order chi connectivity index (χ1) is 7.50.